The second-order valence-corrected chi connectivity index (χ2v) is 10.2. The van der Waals surface area contributed by atoms with Gasteiger partial charge in [-0.1, -0.05) is 97.1 Å². The summed E-state index contributed by atoms with van der Waals surface area (Å²) in [6.07, 6.45) is 0. The molecule has 0 amide bonds. The molecule has 0 unspecified atom stereocenters. The Hall–Kier alpha value is -5.48. The van der Waals surface area contributed by atoms with Crippen LogP contribution in [0.25, 0.3) is 82.6 Å². The summed E-state index contributed by atoms with van der Waals surface area (Å²) in [5, 5.41) is 6.91. The molecule has 0 radical (unpaired) electrons. The largest absolute Gasteiger partial charge is 0.455 e. The van der Waals surface area contributed by atoms with Crippen LogP contribution in [0.1, 0.15) is 0 Å². The summed E-state index contributed by atoms with van der Waals surface area (Å²) in [5.41, 5.74) is 7.32. The fraction of sp³-hybridized carbons (Fsp3) is 0. The first-order valence-corrected chi connectivity index (χ1v) is 13.4. The fourth-order valence-electron chi connectivity index (χ4n) is 6.21. The van der Waals surface area contributed by atoms with Gasteiger partial charge >= 0.3 is 0 Å². The molecule has 0 saturated heterocycles. The number of furan rings is 1. The molecular weight excluding hydrogens is 490 g/mol. The Morgan fingerprint density at radius 2 is 1.20 bits per heavy atom. The van der Waals surface area contributed by atoms with E-state index in [9.17, 15) is 0 Å². The van der Waals surface area contributed by atoms with Crippen molar-refractivity contribution in [2.24, 2.45) is 0 Å². The van der Waals surface area contributed by atoms with E-state index in [1.54, 1.807) is 0 Å². The Bertz CT molecular complexity index is 2450. The van der Waals surface area contributed by atoms with Crippen LogP contribution >= 0.6 is 0 Å². The van der Waals surface area contributed by atoms with Crippen LogP contribution in [0.5, 0.6) is 0 Å². The van der Waals surface area contributed by atoms with Gasteiger partial charge in [0.15, 0.2) is 5.82 Å². The summed E-state index contributed by atoms with van der Waals surface area (Å²) in [4.78, 5) is 10.6. The van der Waals surface area contributed by atoms with Gasteiger partial charge in [-0.05, 0) is 35.7 Å². The van der Waals surface area contributed by atoms with Crippen molar-refractivity contribution in [2.45, 2.75) is 0 Å². The molecular formula is C36H21N3O. The Balaban J connectivity index is 1.50. The molecule has 0 aliphatic rings. The second-order valence-electron chi connectivity index (χ2n) is 10.2. The Labute approximate surface area is 228 Å². The number of para-hydroxylation sites is 5. The van der Waals surface area contributed by atoms with Crippen molar-refractivity contribution in [3.8, 4) is 17.1 Å². The van der Waals surface area contributed by atoms with Crippen molar-refractivity contribution in [3.05, 3.63) is 127 Å². The van der Waals surface area contributed by atoms with Gasteiger partial charge in [-0.3, -0.25) is 4.57 Å². The molecule has 0 fully saturated rings. The second kappa shape index (κ2) is 8.01. The number of nitrogens with zero attached hydrogens (tertiary/aromatic N) is 3. The van der Waals surface area contributed by atoms with Crippen molar-refractivity contribution >= 4 is 65.6 Å². The SMILES string of the molecule is c1ccc2c(c1)ccc1c3ccccc3n(-c3nc4ccccc4nc3-c3cccc4c3oc3ccccc34)c21. The predicted molar refractivity (Wildman–Crippen MR) is 164 cm³/mol. The van der Waals surface area contributed by atoms with Crippen LogP contribution in [0.2, 0.25) is 0 Å². The van der Waals surface area contributed by atoms with Crippen molar-refractivity contribution in [1.82, 2.24) is 14.5 Å². The highest BCUT2D eigenvalue weighted by molar-refractivity contribution is 6.19. The average molecular weight is 512 g/mol. The lowest BCUT2D eigenvalue weighted by molar-refractivity contribution is 0.669. The fourth-order valence-corrected chi connectivity index (χ4v) is 6.21. The highest BCUT2D eigenvalue weighted by Gasteiger charge is 2.23. The smallest absolute Gasteiger partial charge is 0.165 e. The maximum Gasteiger partial charge on any atom is 0.165 e. The molecule has 0 spiro atoms. The van der Waals surface area contributed by atoms with Crippen molar-refractivity contribution < 1.29 is 4.42 Å². The molecule has 0 atom stereocenters. The third-order valence-electron chi connectivity index (χ3n) is 7.98. The van der Waals surface area contributed by atoms with E-state index in [-0.39, 0.29) is 0 Å². The Morgan fingerprint density at radius 3 is 2.10 bits per heavy atom. The first-order chi connectivity index (χ1) is 19.8. The molecule has 4 heteroatoms. The molecule has 9 rings (SSSR count). The third-order valence-corrected chi connectivity index (χ3v) is 7.98. The first-order valence-electron chi connectivity index (χ1n) is 13.4. The van der Waals surface area contributed by atoms with Crippen LogP contribution in [0.15, 0.2) is 132 Å². The normalized spacial score (nSPS) is 12.0. The number of rotatable bonds is 2. The molecule has 9 aromatic rings. The molecule has 3 aromatic heterocycles. The molecule has 0 aliphatic carbocycles. The monoisotopic (exact) mass is 511 g/mol. The molecule has 186 valence electrons. The lowest BCUT2D eigenvalue weighted by Gasteiger charge is -2.14. The van der Waals surface area contributed by atoms with Gasteiger partial charge in [0, 0.05) is 32.5 Å². The van der Waals surface area contributed by atoms with E-state index in [0.717, 1.165) is 61.1 Å². The molecule has 0 aliphatic heterocycles. The Morgan fingerprint density at radius 1 is 0.500 bits per heavy atom. The zero-order chi connectivity index (χ0) is 26.2. The van der Waals surface area contributed by atoms with Crippen molar-refractivity contribution in [2.75, 3.05) is 0 Å². The first kappa shape index (κ1) is 21.5. The number of aromatic nitrogens is 3. The van der Waals surface area contributed by atoms with Crippen LogP contribution in [0.3, 0.4) is 0 Å². The maximum absolute atomic E-state index is 6.49. The number of fused-ring (bicyclic) bond motifs is 9. The predicted octanol–water partition coefficient (Wildman–Crippen LogP) is 9.45. The molecule has 0 bridgehead atoms. The minimum absolute atomic E-state index is 0.786. The number of hydrogen-bond donors (Lipinski definition) is 0. The molecule has 0 saturated carbocycles. The summed E-state index contributed by atoms with van der Waals surface area (Å²) < 4.78 is 8.79. The number of hydrogen-bond acceptors (Lipinski definition) is 3. The standard InChI is InChI=1S/C36H21N3O/c1-2-11-23-22(10-1)20-21-26-24-12-3-7-18-31(24)39(34(23)26)36-33(37-29-16-5-6-17-30(29)38-36)28-15-9-14-27-25-13-4-8-19-32(25)40-35(27)28/h1-21H. The topological polar surface area (TPSA) is 43.9 Å². The van der Waals surface area contributed by atoms with Crippen molar-refractivity contribution in [1.29, 1.82) is 0 Å². The van der Waals surface area contributed by atoms with Crippen LogP contribution in [-0.4, -0.2) is 14.5 Å². The lowest BCUT2D eigenvalue weighted by atomic mass is 10.1. The van der Waals surface area contributed by atoms with E-state index in [0.29, 0.717) is 0 Å². The van der Waals surface area contributed by atoms with Gasteiger partial charge in [-0.15, -0.1) is 0 Å². The van der Waals surface area contributed by atoms with Gasteiger partial charge < -0.3 is 4.42 Å². The number of benzene rings is 6. The van der Waals surface area contributed by atoms with E-state index in [1.807, 2.05) is 36.4 Å². The van der Waals surface area contributed by atoms with Crippen LogP contribution in [-0.2, 0) is 0 Å². The maximum atomic E-state index is 6.49. The highest BCUT2D eigenvalue weighted by atomic mass is 16.3. The van der Waals surface area contributed by atoms with E-state index < -0.39 is 0 Å². The van der Waals surface area contributed by atoms with Gasteiger partial charge in [0.1, 0.15) is 16.9 Å². The molecule has 4 nitrogen and oxygen atoms in total. The van der Waals surface area contributed by atoms with Gasteiger partial charge in [-0.2, -0.15) is 0 Å². The summed E-state index contributed by atoms with van der Waals surface area (Å²) in [7, 11) is 0. The van der Waals surface area contributed by atoms with Gasteiger partial charge in [0.05, 0.1) is 22.1 Å². The van der Waals surface area contributed by atoms with E-state index in [1.165, 1.54) is 21.5 Å². The highest BCUT2D eigenvalue weighted by Crippen LogP contribution is 2.41. The van der Waals surface area contributed by atoms with Crippen LogP contribution in [0, 0.1) is 0 Å². The molecule has 6 aromatic carbocycles. The Kier molecular flexibility index (Phi) is 4.30. The van der Waals surface area contributed by atoms with E-state index >= 15 is 0 Å². The zero-order valence-corrected chi connectivity index (χ0v) is 21.4. The summed E-state index contributed by atoms with van der Waals surface area (Å²) >= 11 is 0. The summed E-state index contributed by atoms with van der Waals surface area (Å²) in [6.45, 7) is 0. The van der Waals surface area contributed by atoms with Gasteiger partial charge in [0.2, 0.25) is 0 Å². The zero-order valence-electron chi connectivity index (χ0n) is 21.4. The summed E-state index contributed by atoms with van der Waals surface area (Å²) in [6, 6.07) is 44.1. The quantitative estimate of drug-likeness (QED) is 0.232. The average Bonchev–Trinajstić information content (AvgIpc) is 3.57. The summed E-state index contributed by atoms with van der Waals surface area (Å²) in [5.74, 6) is 0.786. The van der Waals surface area contributed by atoms with Gasteiger partial charge in [0.25, 0.3) is 0 Å². The molecule has 0 N–H and O–H groups in total. The lowest BCUT2D eigenvalue weighted by Crippen LogP contribution is -2.04. The van der Waals surface area contributed by atoms with E-state index in [2.05, 4.69) is 95.6 Å². The molecule has 3 heterocycles. The third kappa shape index (κ3) is 2.90. The van der Waals surface area contributed by atoms with E-state index in [4.69, 9.17) is 14.4 Å². The van der Waals surface area contributed by atoms with Crippen LogP contribution < -0.4 is 0 Å². The van der Waals surface area contributed by atoms with Crippen LogP contribution in [0.4, 0.5) is 0 Å². The van der Waals surface area contributed by atoms with Crippen molar-refractivity contribution in [3.63, 3.8) is 0 Å². The minimum atomic E-state index is 0.786. The molecule has 40 heavy (non-hydrogen) atoms. The minimum Gasteiger partial charge on any atom is -0.455 e. The van der Waals surface area contributed by atoms with Gasteiger partial charge in [-0.25, -0.2) is 9.97 Å².